The van der Waals surface area contributed by atoms with Crippen LogP contribution in [0, 0.1) is 12.8 Å². The van der Waals surface area contributed by atoms with Crippen LogP contribution in [0.1, 0.15) is 41.9 Å². The lowest BCUT2D eigenvalue weighted by Gasteiger charge is -2.38. The molecular weight excluding hydrogens is 426 g/mol. The summed E-state index contributed by atoms with van der Waals surface area (Å²) in [5, 5.41) is 3.58. The molecule has 1 aromatic carbocycles. The third kappa shape index (κ3) is 4.58. The van der Waals surface area contributed by atoms with Crippen LogP contribution in [0.15, 0.2) is 30.5 Å². The number of aromatic nitrogens is 2. The van der Waals surface area contributed by atoms with Crippen molar-refractivity contribution in [3.05, 3.63) is 46.6 Å². The Bertz CT molecular complexity index is 1160. The number of nitrogens with one attached hydrogen (secondary N) is 1. The van der Waals surface area contributed by atoms with Crippen LogP contribution < -0.4 is 11.1 Å². The van der Waals surface area contributed by atoms with E-state index >= 15 is 0 Å². The Kier molecular flexibility index (Phi) is 6.38. The van der Waals surface area contributed by atoms with E-state index in [0.717, 1.165) is 39.2 Å². The number of likely N-dealkylation sites (tertiary alicyclic amines) is 1. The summed E-state index contributed by atoms with van der Waals surface area (Å²) in [6.07, 6.45) is 3.24. The number of nitrogen functional groups attached to an aromatic ring is 1. The minimum Gasteiger partial charge on any atom is -0.383 e. The molecule has 0 saturated carbocycles. The Morgan fingerprint density at radius 2 is 2.12 bits per heavy atom. The summed E-state index contributed by atoms with van der Waals surface area (Å²) in [4.78, 5) is 36.3. The van der Waals surface area contributed by atoms with Crippen molar-refractivity contribution >= 4 is 44.9 Å². The fourth-order valence-electron chi connectivity index (χ4n) is 4.08. The van der Waals surface area contributed by atoms with Crippen LogP contribution in [-0.4, -0.2) is 40.3 Å². The molecule has 1 unspecified atom stereocenters. The van der Waals surface area contributed by atoms with Crippen molar-refractivity contribution in [3.8, 4) is 0 Å². The molecule has 4 rings (SSSR count). The number of piperidine rings is 1. The second-order valence-electron chi connectivity index (χ2n) is 8.30. The van der Waals surface area contributed by atoms with Gasteiger partial charge in [0, 0.05) is 13.7 Å². The van der Waals surface area contributed by atoms with Crippen LogP contribution in [0.25, 0.3) is 10.2 Å². The standard InChI is InChI=1S/C23H27N5O3S/c1-13-4-6-18(15-5-7-19-17(9-15)27-20(32-19)12-31-3)28(11-13)23(30)22(29)26-16-8-14(2)21(24)25-10-16/h5,7-10,13,18H,4,6,11-12H2,1-3H3,(H2,24,25)(H,26,29)/t13-,18?/m0/s1. The predicted octanol–water partition coefficient (Wildman–Crippen LogP) is 3.67. The number of aryl methyl sites for hydroxylation is 1. The van der Waals surface area contributed by atoms with Crippen LogP contribution >= 0.6 is 11.3 Å². The monoisotopic (exact) mass is 453 g/mol. The van der Waals surface area contributed by atoms with Crippen LogP contribution in [-0.2, 0) is 20.9 Å². The van der Waals surface area contributed by atoms with E-state index in [9.17, 15) is 9.59 Å². The number of pyridine rings is 1. The van der Waals surface area contributed by atoms with Crippen LogP contribution in [0.4, 0.5) is 11.5 Å². The summed E-state index contributed by atoms with van der Waals surface area (Å²) in [7, 11) is 1.65. The lowest BCUT2D eigenvalue weighted by Crippen LogP contribution is -2.46. The largest absolute Gasteiger partial charge is 0.383 e. The molecule has 2 aromatic heterocycles. The number of anilines is 2. The Morgan fingerprint density at radius 1 is 1.31 bits per heavy atom. The maximum absolute atomic E-state index is 13.2. The van der Waals surface area contributed by atoms with E-state index in [2.05, 4.69) is 22.2 Å². The van der Waals surface area contributed by atoms with Gasteiger partial charge < -0.3 is 20.7 Å². The van der Waals surface area contributed by atoms with Crippen LogP contribution in [0.3, 0.4) is 0 Å². The second-order valence-corrected chi connectivity index (χ2v) is 9.42. The van der Waals surface area contributed by atoms with E-state index < -0.39 is 11.8 Å². The molecular formula is C23H27N5O3S. The average molecular weight is 454 g/mol. The molecule has 1 saturated heterocycles. The lowest BCUT2D eigenvalue weighted by atomic mass is 9.89. The summed E-state index contributed by atoms with van der Waals surface area (Å²) in [5.41, 5.74) is 8.81. The number of carbonyl (C=O) groups is 2. The highest BCUT2D eigenvalue weighted by Crippen LogP contribution is 2.35. The minimum atomic E-state index is -0.674. The van der Waals surface area contributed by atoms with Crippen molar-refractivity contribution in [1.29, 1.82) is 0 Å². The molecule has 1 aliphatic rings. The molecule has 0 aliphatic carbocycles. The zero-order chi connectivity index (χ0) is 22.8. The zero-order valence-electron chi connectivity index (χ0n) is 18.4. The van der Waals surface area contributed by atoms with Crippen molar-refractivity contribution < 1.29 is 14.3 Å². The number of nitrogens with two attached hydrogens (primary N) is 1. The van der Waals surface area contributed by atoms with Gasteiger partial charge in [-0.1, -0.05) is 13.0 Å². The van der Waals surface area contributed by atoms with Gasteiger partial charge in [-0.2, -0.15) is 0 Å². The first-order valence-corrected chi connectivity index (χ1v) is 11.4. The van der Waals surface area contributed by atoms with Gasteiger partial charge in [-0.25, -0.2) is 9.97 Å². The average Bonchev–Trinajstić information content (AvgIpc) is 3.17. The smallest absolute Gasteiger partial charge is 0.313 e. The Balaban J connectivity index is 1.57. The highest BCUT2D eigenvalue weighted by atomic mass is 32.1. The number of thiazole rings is 1. The van der Waals surface area contributed by atoms with Gasteiger partial charge >= 0.3 is 11.8 Å². The highest BCUT2D eigenvalue weighted by Gasteiger charge is 2.34. The van der Waals surface area contributed by atoms with E-state index in [0.29, 0.717) is 30.6 Å². The summed E-state index contributed by atoms with van der Waals surface area (Å²) >= 11 is 1.60. The number of amides is 2. The molecule has 1 fully saturated rings. The van der Waals surface area contributed by atoms with Gasteiger partial charge in [0.2, 0.25) is 0 Å². The molecule has 9 heteroatoms. The molecule has 3 heterocycles. The van der Waals surface area contributed by atoms with E-state index in [1.54, 1.807) is 36.3 Å². The molecule has 2 amide bonds. The Hall–Kier alpha value is -3.04. The SMILES string of the molecule is COCc1nc2cc(C3CC[C@H](C)CN3C(=O)C(=O)Nc3cnc(N)c(C)c3)ccc2s1. The number of benzene rings is 1. The molecule has 8 nitrogen and oxygen atoms in total. The first-order valence-electron chi connectivity index (χ1n) is 10.6. The summed E-state index contributed by atoms with van der Waals surface area (Å²) in [5.74, 6) is -0.508. The molecule has 2 atom stereocenters. The molecule has 0 bridgehead atoms. The van der Waals surface area contributed by atoms with Gasteiger partial charge in [0.05, 0.1) is 34.7 Å². The van der Waals surface area contributed by atoms with Crippen LogP contribution in [0.5, 0.6) is 0 Å². The van der Waals surface area contributed by atoms with Crippen molar-refractivity contribution in [2.24, 2.45) is 5.92 Å². The van der Waals surface area contributed by atoms with Crippen molar-refractivity contribution in [2.75, 3.05) is 24.7 Å². The van der Waals surface area contributed by atoms with Gasteiger partial charge in [0.15, 0.2) is 0 Å². The Labute approximate surface area is 190 Å². The van der Waals surface area contributed by atoms with E-state index in [1.165, 1.54) is 6.20 Å². The molecule has 32 heavy (non-hydrogen) atoms. The molecule has 0 radical (unpaired) electrons. The predicted molar refractivity (Wildman–Crippen MR) is 125 cm³/mol. The third-order valence-corrected chi connectivity index (χ3v) is 6.77. The normalized spacial score (nSPS) is 18.7. The van der Waals surface area contributed by atoms with Gasteiger partial charge in [0.1, 0.15) is 10.8 Å². The first kappa shape index (κ1) is 22.2. The molecule has 3 aromatic rings. The second kappa shape index (κ2) is 9.22. The summed E-state index contributed by atoms with van der Waals surface area (Å²) in [6.45, 7) is 4.90. The first-order chi connectivity index (χ1) is 15.4. The summed E-state index contributed by atoms with van der Waals surface area (Å²) in [6, 6.07) is 7.62. The number of hydrogen-bond donors (Lipinski definition) is 2. The maximum atomic E-state index is 13.2. The van der Waals surface area contributed by atoms with Crippen molar-refractivity contribution in [2.45, 2.75) is 39.3 Å². The molecule has 0 spiro atoms. The number of hydrogen-bond acceptors (Lipinski definition) is 7. The van der Waals surface area contributed by atoms with Crippen molar-refractivity contribution in [1.82, 2.24) is 14.9 Å². The molecule has 168 valence electrons. The van der Waals surface area contributed by atoms with Crippen LogP contribution in [0.2, 0.25) is 0 Å². The fraction of sp³-hybridized carbons (Fsp3) is 0.391. The topological polar surface area (TPSA) is 110 Å². The fourth-order valence-corrected chi connectivity index (χ4v) is 5.00. The summed E-state index contributed by atoms with van der Waals surface area (Å²) < 4.78 is 6.27. The number of rotatable bonds is 4. The zero-order valence-corrected chi connectivity index (χ0v) is 19.2. The van der Waals surface area contributed by atoms with Gasteiger partial charge in [-0.3, -0.25) is 9.59 Å². The molecule has 3 N–H and O–H groups in total. The number of carbonyl (C=O) groups excluding carboxylic acids is 2. The van der Waals surface area contributed by atoms with Gasteiger partial charge in [-0.05, 0) is 55.0 Å². The van der Waals surface area contributed by atoms with E-state index in [1.807, 2.05) is 18.2 Å². The number of ether oxygens (including phenoxy) is 1. The number of fused-ring (bicyclic) bond motifs is 1. The number of methoxy groups -OCH3 is 1. The van der Waals surface area contributed by atoms with E-state index in [4.69, 9.17) is 10.5 Å². The van der Waals surface area contributed by atoms with Crippen molar-refractivity contribution in [3.63, 3.8) is 0 Å². The lowest BCUT2D eigenvalue weighted by molar-refractivity contribution is -0.146. The van der Waals surface area contributed by atoms with E-state index in [-0.39, 0.29) is 6.04 Å². The van der Waals surface area contributed by atoms with Gasteiger partial charge in [-0.15, -0.1) is 11.3 Å². The van der Waals surface area contributed by atoms with Gasteiger partial charge in [0.25, 0.3) is 0 Å². The quantitative estimate of drug-likeness (QED) is 0.583. The minimum absolute atomic E-state index is 0.173. The highest BCUT2D eigenvalue weighted by molar-refractivity contribution is 7.18. The Morgan fingerprint density at radius 3 is 2.88 bits per heavy atom. The molecule has 1 aliphatic heterocycles. The third-order valence-electron chi connectivity index (χ3n) is 5.76. The number of nitrogens with zero attached hydrogens (tertiary/aromatic N) is 3. The maximum Gasteiger partial charge on any atom is 0.313 e.